The Hall–Kier alpha value is -6.05. The van der Waals surface area contributed by atoms with Crippen molar-refractivity contribution >= 4 is 22.6 Å². The Morgan fingerprint density at radius 1 is 0.732 bits per heavy atom. The number of rotatable bonds is 8. The summed E-state index contributed by atoms with van der Waals surface area (Å²) in [7, 11) is 0. The molecule has 2 unspecified atom stereocenters. The lowest BCUT2D eigenvalue weighted by atomic mass is 9.77. The molecule has 1 N–H and O–H groups in total. The average molecular weight is 737 g/mol. The Morgan fingerprint density at radius 3 is 1.89 bits per heavy atom. The second-order valence-electron chi connectivity index (χ2n) is 16.6. The van der Waals surface area contributed by atoms with Gasteiger partial charge in [-0.15, -0.1) is 0 Å². The fourth-order valence-corrected chi connectivity index (χ4v) is 9.23. The summed E-state index contributed by atoms with van der Waals surface area (Å²) in [4.78, 5) is 23.6. The van der Waals surface area contributed by atoms with Crippen molar-refractivity contribution in [3.05, 3.63) is 185 Å². The highest BCUT2D eigenvalue weighted by atomic mass is 16.2. The second kappa shape index (κ2) is 14.2. The molecule has 4 heterocycles. The van der Waals surface area contributed by atoms with E-state index in [1.165, 1.54) is 5.56 Å². The van der Waals surface area contributed by atoms with Gasteiger partial charge < -0.3 is 10.2 Å². The molecule has 280 valence electrons. The summed E-state index contributed by atoms with van der Waals surface area (Å²) in [6.07, 6.45) is 1.86. The second-order valence-corrected chi connectivity index (χ2v) is 16.6. The van der Waals surface area contributed by atoms with E-state index in [2.05, 4.69) is 191 Å². The quantitative estimate of drug-likeness (QED) is 0.158. The summed E-state index contributed by atoms with van der Waals surface area (Å²) in [5.74, 6) is 0.309. The Kier molecular flexibility index (Phi) is 9.05. The maximum Gasteiger partial charge on any atom is 0.322 e. The van der Waals surface area contributed by atoms with Crippen LogP contribution in [0.2, 0.25) is 0 Å². The predicted molar refractivity (Wildman–Crippen MR) is 225 cm³/mol. The molecule has 7 nitrogen and oxygen atoms in total. The maximum atomic E-state index is 14.4. The summed E-state index contributed by atoms with van der Waals surface area (Å²) >= 11 is 0. The van der Waals surface area contributed by atoms with Crippen molar-refractivity contribution in [3.8, 4) is 11.3 Å². The summed E-state index contributed by atoms with van der Waals surface area (Å²) in [5.41, 5.74) is 9.38. The van der Waals surface area contributed by atoms with Crippen LogP contribution in [0.3, 0.4) is 0 Å². The summed E-state index contributed by atoms with van der Waals surface area (Å²) in [6.45, 7) is 12.1. The molecule has 0 saturated carbocycles. The van der Waals surface area contributed by atoms with Crippen LogP contribution in [0, 0.1) is 18.3 Å². The molecule has 1 fully saturated rings. The molecule has 0 spiro atoms. The van der Waals surface area contributed by atoms with Gasteiger partial charge in [0, 0.05) is 54.7 Å². The number of hydrogen-bond acceptors (Lipinski definition) is 4. The molecule has 2 amide bonds. The van der Waals surface area contributed by atoms with E-state index >= 15 is 0 Å². The number of nitrogens with one attached hydrogen (secondary N) is 1. The number of fused-ring (bicyclic) bond motifs is 2. The Morgan fingerprint density at radius 2 is 1.32 bits per heavy atom. The number of urea groups is 1. The topological polar surface area (TPSA) is 66.3 Å². The summed E-state index contributed by atoms with van der Waals surface area (Å²) in [5, 5.41) is 10.1. The van der Waals surface area contributed by atoms with Gasteiger partial charge in [0.2, 0.25) is 0 Å². The molecule has 0 radical (unpaired) electrons. The SMILES string of the molecule is Cc1cc(-c2nn(C(c3ccccc3)(c3ccccc3)c3ccccc3)c3cc4c(cc23)CN(C2CN(Cc3ccccc3)CC2C(C)(C)C)C(=O)N4)ccn1. The predicted octanol–water partition coefficient (Wildman–Crippen LogP) is 10.1. The third-order valence-corrected chi connectivity index (χ3v) is 11.9. The molecule has 9 rings (SSSR count). The van der Waals surface area contributed by atoms with Gasteiger partial charge in [-0.3, -0.25) is 9.88 Å². The first-order valence-electron chi connectivity index (χ1n) is 19.7. The van der Waals surface area contributed by atoms with E-state index < -0.39 is 5.54 Å². The lowest BCUT2D eigenvalue weighted by molar-refractivity contribution is 0.124. The fraction of sp³-hybridized carbons (Fsp3) is 0.245. The van der Waals surface area contributed by atoms with Gasteiger partial charge in [-0.25, -0.2) is 9.48 Å². The number of nitrogens with zero attached hydrogens (tertiary/aromatic N) is 5. The molecule has 2 aliphatic heterocycles. The highest BCUT2D eigenvalue weighted by Crippen LogP contribution is 2.46. The lowest BCUT2D eigenvalue weighted by Crippen LogP contribution is -2.51. The Balaban J connectivity index is 1.22. The zero-order valence-electron chi connectivity index (χ0n) is 32.6. The van der Waals surface area contributed by atoms with Crippen LogP contribution >= 0.6 is 0 Å². The molecule has 0 aliphatic carbocycles. The number of amides is 2. The maximum absolute atomic E-state index is 14.4. The first-order chi connectivity index (χ1) is 27.2. The minimum absolute atomic E-state index is 0.0176. The van der Waals surface area contributed by atoms with Gasteiger partial charge >= 0.3 is 6.03 Å². The first kappa shape index (κ1) is 35.6. The molecule has 2 atom stereocenters. The smallest absolute Gasteiger partial charge is 0.316 e. The van der Waals surface area contributed by atoms with Crippen LogP contribution in [0.15, 0.2) is 152 Å². The van der Waals surface area contributed by atoms with Gasteiger partial charge in [0.1, 0.15) is 11.2 Å². The Bertz CT molecular complexity index is 2390. The van der Waals surface area contributed by atoms with Crippen LogP contribution < -0.4 is 5.32 Å². The third kappa shape index (κ3) is 6.26. The number of carbonyl (C=O) groups is 1. The van der Waals surface area contributed by atoms with Crippen molar-refractivity contribution in [3.63, 3.8) is 0 Å². The normalized spacial score (nSPS) is 17.6. The van der Waals surface area contributed by atoms with Crippen LogP contribution in [0.5, 0.6) is 0 Å². The van der Waals surface area contributed by atoms with Gasteiger partial charge in [0.25, 0.3) is 0 Å². The monoisotopic (exact) mass is 736 g/mol. The number of likely N-dealkylation sites (tertiary alicyclic amines) is 1. The zero-order chi connectivity index (χ0) is 38.4. The van der Waals surface area contributed by atoms with Crippen LogP contribution in [-0.2, 0) is 18.6 Å². The third-order valence-electron chi connectivity index (χ3n) is 11.9. The molecular formula is C49H48N6O. The first-order valence-corrected chi connectivity index (χ1v) is 19.7. The lowest BCUT2D eigenvalue weighted by Gasteiger charge is -2.40. The minimum atomic E-state index is -0.840. The molecule has 7 aromatic rings. The van der Waals surface area contributed by atoms with Gasteiger partial charge in [-0.05, 0) is 70.3 Å². The standard InChI is InChI=1S/C49H48N6O/c1-34-27-36(25-26-50-34)46-41-28-37-31-54(45-33-53(32-42(45)48(2,3)4)30-35-17-9-5-10-18-35)47(56)51-43(37)29-44(41)55(52-46)49(38-19-11-6-12-20-38,39-21-13-7-14-22-39)40-23-15-8-16-24-40/h5-29,42,45H,30-33H2,1-4H3,(H,51,56). The number of aryl methyl sites for hydroxylation is 1. The van der Waals surface area contributed by atoms with Crippen LogP contribution in [0.4, 0.5) is 10.5 Å². The van der Waals surface area contributed by atoms with Crippen LogP contribution in [-0.4, -0.2) is 49.7 Å². The van der Waals surface area contributed by atoms with Crippen molar-refractivity contribution in [2.45, 2.75) is 52.4 Å². The van der Waals surface area contributed by atoms with Crippen molar-refractivity contribution in [2.24, 2.45) is 11.3 Å². The molecule has 7 heteroatoms. The number of hydrogen-bond donors (Lipinski definition) is 1. The molecule has 2 aliphatic rings. The average Bonchev–Trinajstić information content (AvgIpc) is 3.81. The van der Waals surface area contributed by atoms with E-state index in [1.807, 2.05) is 13.1 Å². The van der Waals surface area contributed by atoms with Gasteiger partial charge in [0.15, 0.2) is 0 Å². The van der Waals surface area contributed by atoms with Crippen LogP contribution in [0.25, 0.3) is 22.2 Å². The van der Waals surface area contributed by atoms with E-state index in [0.29, 0.717) is 12.5 Å². The van der Waals surface area contributed by atoms with E-state index in [-0.39, 0.29) is 17.5 Å². The zero-order valence-corrected chi connectivity index (χ0v) is 32.6. The molecule has 56 heavy (non-hydrogen) atoms. The number of carbonyl (C=O) groups excluding carboxylic acids is 1. The molecular weight excluding hydrogens is 689 g/mol. The molecule has 5 aromatic carbocycles. The highest BCUT2D eigenvalue weighted by Gasteiger charge is 2.46. The van der Waals surface area contributed by atoms with Crippen molar-refractivity contribution in [2.75, 3.05) is 18.4 Å². The number of anilines is 1. The van der Waals surface area contributed by atoms with Crippen molar-refractivity contribution in [1.82, 2.24) is 24.6 Å². The number of aromatic nitrogens is 3. The van der Waals surface area contributed by atoms with Gasteiger partial charge in [-0.2, -0.15) is 5.10 Å². The fourth-order valence-electron chi connectivity index (χ4n) is 9.23. The van der Waals surface area contributed by atoms with Crippen molar-refractivity contribution in [1.29, 1.82) is 0 Å². The minimum Gasteiger partial charge on any atom is -0.316 e. The van der Waals surface area contributed by atoms with E-state index in [1.54, 1.807) is 0 Å². The van der Waals surface area contributed by atoms with Crippen LogP contribution in [0.1, 0.15) is 54.3 Å². The Labute approximate surface area is 329 Å². The van der Waals surface area contributed by atoms with Gasteiger partial charge in [-0.1, -0.05) is 142 Å². The summed E-state index contributed by atoms with van der Waals surface area (Å²) < 4.78 is 2.19. The largest absolute Gasteiger partial charge is 0.322 e. The number of benzene rings is 5. The van der Waals surface area contributed by atoms with Gasteiger partial charge in [0.05, 0.1) is 11.6 Å². The number of pyridine rings is 1. The summed E-state index contributed by atoms with van der Waals surface area (Å²) in [6, 6.07) is 51.2. The molecule has 2 aromatic heterocycles. The van der Waals surface area contributed by atoms with E-state index in [9.17, 15) is 4.79 Å². The highest BCUT2D eigenvalue weighted by molar-refractivity contribution is 6.01. The van der Waals surface area contributed by atoms with E-state index in [4.69, 9.17) is 5.10 Å². The van der Waals surface area contributed by atoms with Crippen molar-refractivity contribution < 1.29 is 4.79 Å². The molecule has 1 saturated heterocycles. The van der Waals surface area contributed by atoms with E-state index in [0.717, 1.165) is 75.4 Å². The molecule has 0 bridgehead atoms.